The number of halogens is 3. The van der Waals surface area contributed by atoms with Crippen molar-refractivity contribution >= 4 is 5.84 Å². The Labute approximate surface area is 82.4 Å². The largest absolute Gasteiger partial charge is 0.389 e. The van der Waals surface area contributed by atoms with Crippen molar-refractivity contribution in [3.63, 3.8) is 0 Å². The zero-order valence-corrected chi connectivity index (χ0v) is 8.78. The predicted octanol–water partition coefficient (Wildman–Crippen LogP) is 2.73. The van der Waals surface area contributed by atoms with Crippen molar-refractivity contribution in [1.82, 2.24) is 0 Å². The molecular formula is C9H17F3N2. The van der Waals surface area contributed by atoms with Crippen molar-refractivity contribution in [2.24, 2.45) is 16.1 Å². The van der Waals surface area contributed by atoms with Gasteiger partial charge in [-0.05, 0) is 6.42 Å². The van der Waals surface area contributed by atoms with Gasteiger partial charge in [-0.25, -0.2) is 0 Å². The highest BCUT2D eigenvalue weighted by Crippen LogP contribution is 2.21. The Bertz CT molecular complexity index is 201. The Morgan fingerprint density at radius 2 is 1.71 bits per heavy atom. The van der Waals surface area contributed by atoms with Crippen molar-refractivity contribution in [3.8, 4) is 0 Å². The maximum Gasteiger partial charge on any atom is 0.389 e. The first-order valence-electron chi connectivity index (χ1n) is 4.50. The summed E-state index contributed by atoms with van der Waals surface area (Å²) in [5.74, 6) is 0.402. The average Bonchev–Trinajstić information content (AvgIpc) is 1.93. The lowest BCUT2D eigenvalue weighted by atomic mass is 9.95. The van der Waals surface area contributed by atoms with Crippen LogP contribution in [0, 0.1) is 5.41 Å². The van der Waals surface area contributed by atoms with Gasteiger partial charge in [-0.2, -0.15) is 13.2 Å². The number of aliphatic imine (C=N–C) groups is 1. The van der Waals surface area contributed by atoms with Crippen LogP contribution in [0.1, 0.15) is 33.6 Å². The number of amidine groups is 1. The summed E-state index contributed by atoms with van der Waals surface area (Å²) in [6.07, 6.45) is -4.89. The van der Waals surface area contributed by atoms with Crippen molar-refractivity contribution in [1.29, 1.82) is 0 Å². The number of alkyl halides is 3. The van der Waals surface area contributed by atoms with Crippen molar-refractivity contribution in [2.45, 2.75) is 39.8 Å². The van der Waals surface area contributed by atoms with Crippen LogP contribution in [-0.4, -0.2) is 18.6 Å². The maximum absolute atomic E-state index is 11.7. The van der Waals surface area contributed by atoms with Crippen LogP contribution in [0.3, 0.4) is 0 Å². The van der Waals surface area contributed by atoms with Crippen LogP contribution in [0.4, 0.5) is 13.2 Å². The minimum absolute atomic E-state index is 0.000278. The first kappa shape index (κ1) is 13.3. The number of hydrogen-bond acceptors (Lipinski definition) is 1. The van der Waals surface area contributed by atoms with Gasteiger partial charge in [0, 0.05) is 18.4 Å². The summed E-state index contributed by atoms with van der Waals surface area (Å²) in [4.78, 5) is 3.89. The van der Waals surface area contributed by atoms with Crippen LogP contribution in [0.15, 0.2) is 4.99 Å². The van der Waals surface area contributed by atoms with Gasteiger partial charge in [0.25, 0.3) is 0 Å². The lowest BCUT2D eigenvalue weighted by Gasteiger charge is -2.17. The molecule has 0 radical (unpaired) electrons. The molecule has 0 aromatic rings. The predicted molar refractivity (Wildman–Crippen MR) is 51.2 cm³/mol. The fraction of sp³-hybridized carbons (Fsp3) is 0.889. The molecule has 0 unspecified atom stereocenters. The van der Waals surface area contributed by atoms with Gasteiger partial charge in [0.15, 0.2) is 0 Å². The van der Waals surface area contributed by atoms with E-state index in [0.717, 1.165) is 0 Å². The number of rotatable bonds is 3. The minimum Gasteiger partial charge on any atom is -0.387 e. The van der Waals surface area contributed by atoms with E-state index < -0.39 is 12.6 Å². The lowest BCUT2D eigenvalue weighted by molar-refractivity contribution is -0.134. The third kappa shape index (κ3) is 6.74. The summed E-state index contributed by atoms with van der Waals surface area (Å²) in [7, 11) is 0. The fourth-order valence-electron chi connectivity index (χ4n) is 0.716. The van der Waals surface area contributed by atoms with Crippen LogP contribution in [0.5, 0.6) is 0 Å². The molecule has 0 amide bonds. The molecule has 0 rings (SSSR count). The maximum atomic E-state index is 11.7. The van der Waals surface area contributed by atoms with Gasteiger partial charge in [-0.15, -0.1) is 0 Å². The van der Waals surface area contributed by atoms with Crippen LogP contribution in [0.25, 0.3) is 0 Å². The van der Waals surface area contributed by atoms with Gasteiger partial charge in [0.2, 0.25) is 0 Å². The molecule has 0 bridgehead atoms. The second kappa shape index (κ2) is 4.66. The molecule has 0 atom stereocenters. The van der Waals surface area contributed by atoms with E-state index in [1.165, 1.54) is 0 Å². The van der Waals surface area contributed by atoms with E-state index in [4.69, 9.17) is 5.73 Å². The third-order valence-corrected chi connectivity index (χ3v) is 1.67. The number of hydrogen-bond donors (Lipinski definition) is 1. The molecular weight excluding hydrogens is 193 g/mol. The van der Waals surface area contributed by atoms with E-state index in [1.54, 1.807) is 0 Å². The molecule has 0 aliphatic heterocycles. The van der Waals surface area contributed by atoms with Gasteiger partial charge in [-0.1, -0.05) is 20.8 Å². The zero-order chi connectivity index (χ0) is 11.4. The monoisotopic (exact) mass is 210 g/mol. The molecule has 0 aromatic carbocycles. The smallest absolute Gasteiger partial charge is 0.387 e. The molecule has 0 aromatic heterocycles. The van der Waals surface area contributed by atoms with Gasteiger partial charge in [0.05, 0.1) is 5.84 Å². The Kier molecular flexibility index (Phi) is 4.42. The summed E-state index contributed by atoms with van der Waals surface area (Å²) in [6.45, 7) is 5.75. The highest BCUT2D eigenvalue weighted by molar-refractivity contribution is 5.85. The second-order valence-corrected chi connectivity index (χ2v) is 4.24. The van der Waals surface area contributed by atoms with Gasteiger partial charge >= 0.3 is 6.18 Å². The van der Waals surface area contributed by atoms with E-state index in [1.807, 2.05) is 20.8 Å². The summed E-state index contributed by atoms with van der Waals surface area (Å²) in [5, 5.41) is 0. The van der Waals surface area contributed by atoms with Crippen molar-refractivity contribution < 1.29 is 13.2 Å². The lowest BCUT2D eigenvalue weighted by Crippen LogP contribution is -2.29. The third-order valence-electron chi connectivity index (χ3n) is 1.67. The summed E-state index contributed by atoms with van der Waals surface area (Å²) in [5.41, 5.74) is 5.30. The summed E-state index contributed by atoms with van der Waals surface area (Å²) >= 11 is 0. The van der Waals surface area contributed by atoms with E-state index >= 15 is 0 Å². The van der Waals surface area contributed by atoms with Crippen molar-refractivity contribution in [2.75, 3.05) is 6.54 Å². The van der Waals surface area contributed by atoms with E-state index in [9.17, 15) is 13.2 Å². The molecule has 0 aliphatic rings. The molecule has 0 saturated carbocycles. The molecule has 0 aliphatic carbocycles. The van der Waals surface area contributed by atoms with Crippen LogP contribution >= 0.6 is 0 Å². The topological polar surface area (TPSA) is 38.4 Å². The molecule has 14 heavy (non-hydrogen) atoms. The first-order valence-corrected chi connectivity index (χ1v) is 4.50. The van der Waals surface area contributed by atoms with Crippen LogP contribution in [-0.2, 0) is 0 Å². The van der Waals surface area contributed by atoms with E-state index in [0.29, 0.717) is 5.84 Å². The average molecular weight is 210 g/mol. The molecule has 0 spiro atoms. The molecule has 0 saturated heterocycles. The van der Waals surface area contributed by atoms with Crippen LogP contribution < -0.4 is 5.73 Å². The normalized spacial score (nSPS) is 14.6. The molecule has 0 heterocycles. The number of nitrogens with zero attached hydrogens (tertiary/aromatic N) is 1. The van der Waals surface area contributed by atoms with E-state index in [2.05, 4.69) is 4.99 Å². The molecule has 2 N–H and O–H groups in total. The summed E-state index contributed by atoms with van der Waals surface area (Å²) in [6, 6.07) is 0. The Morgan fingerprint density at radius 3 is 2.07 bits per heavy atom. The SMILES string of the molecule is CC(C)(C)C(N)=NCCCC(F)(F)F. The summed E-state index contributed by atoms with van der Waals surface area (Å²) < 4.78 is 35.2. The molecule has 84 valence electrons. The van der Waals surface area contributed by atoms with Gasteiger partial charge < -0.3 is 5.73 Å². The number of nitrogens with two attached hydrogens (primary N) is 1. The molecule has 5 heteroatoms. The fourth-order valence-corrected chi connectivity index (χ4v) is 0.716. The zero-order valence-electron chi connectivity index (χ0n) is 8.78. The van der Waals surface area contributed by atoms with Crippen molar-refractivity contribution in [3.05, 3.63) is 0 Å². The minimum atomic E-state index is -4.09. The van der Waals surface area contributed by atoms with E-state index in [-0.39, 0.29) is 18.4 Å². The quantitative estimate of drug-likeness (QED) is 0.434. The van der Waals surface area contributed by atoms with Gasteiger partial charge in [-0.3, -0.25) is 4.99 Å². The first-order chi connectivity index (χ1) is 6.13. The Balaban J connectivity index is 3.84. The second-order valence-electron chi connectivity index (χ2n) is 4.24. The Morgan fingerprint density at radius 1 is 1.21 bits per heavy atom. The molecule has 2 nitrogen and oxygen atoms in total. The molecule has 0 fully saturated rings. The van der Waals surface area contributed by atoms with Gasteiger partial charge in [0.1, 0.15) is 0 Å². The highest BCUT2D eigenvalue weighted by Gasteiger charge is 2.26. The standard InChI is InChI=1S/C9H17F3N2/c1-8(2,3)7(13)14-6-4-5-9(10,11)12/h4-6H2,1-3H3,(H2,13,14). The van der Waals surface area contributed by atoms with Crippen LogP contribution in [0.2, 0.25) is 0 Å². The Hall–Kier alpha value is -0.740. The highest BCUT2D eigenvalue weighted by atomic mass is 19.4.